The molecule has 1 aromatic rings. The number of carbonyl (C=O) groups is 1. The van der Waals surface area contributed by atoms with Crippen LogP contribution in [0.4, 0.5) is 11.5 Å². The van der Waals surface area contributed by atoms with Crippen molar-refractivity contribution in [2.24, 2.45) is 5.41 Å². The zero-order valence-electron chi connectivity index (χ0n) is 12.8. The first kappa shape index (κ1) is 15.5. The van der Waals surface area contributed by atoms with Crippen molar-refractivity contribution >= 4 is 17.4 Å². The molecule has 0 saturated carbocycles. The lowest BCUT2D eigenvalue weighted by Crippen LogP contribution is -2.30. The number of anilines is 2. The van der Waals surface area contributed by atoms with Crippen LogP contribution in [0.5, 0.6) is 0 Å². The van der Waals surface area contributed by atoms with Gasteiger partial charge in [0.2, 0.25) is 5.91 Å². The number of rotatable bonds is 4. The van der Waals surface area contributed by atoms with Gasteiger partial charge in [0.1, 0.15) is 5.82 Å². The SMILES string of the molecule is CC(C)Nc1ccc(N(C)C(=O)CC(C)(C)C)cn1. The standard InChI is InChI=1S/C15H25N3O/c1-11(2)17-13-8-7-12(10-16-13)18(6)14(19)9-15(3,4)5/h7-8,10-11H,9H2,1-6H3,(H,16,17). The maximum atomic E-state index is 12.1. The number of aromatic nitrogens is 1. The van der Waals surface area contributed by atoms with Crippen LogP contribution in [-0.2, 0) is 4.79 Å². The molecule has 1 rings (SSSR count). The average Bonchev–Trinajstić information content (AvgIpc) is 2.26. The molecule has 106 valence electrons. The van der Waals surface area contributed by atoms with Gasteiger partial charge in [-0.05, 0) is 31.4 Å². The molecule has 0 unspecified atom stereocenters. The van der Waals surface area contributed by atoms with Crippen LogP contribution in [-0.4, -0.2) is 24.0 Å². The molecule has 0 atom stereocenters. The number of carbonyl (C=O) groups excluding carboxylic acids is 1. The van der Waals surface area contributed by atoms with Gasteiger partial charge in [-0.3, -0.25) is 4.79 Å². The summed E-state index contributed by atoms with van der Waals surface area (Å²) in [7, 11) is 1.79. The van der Waals surface area contributed by atoms with E-state index < -0.39 is 0 Å². The van der Waals surface area contributed by atoms with E-state index in [0.29, 0.717) is 12.5 Å². The fraction of sp³-hybridized carbons (Fsp3) is 0.600. The summed E-state index contributed by atoms with van der Waals surface area (Å²) in [4.78, 5) is 18.1. The molecule has 0 aliphatic heterocycles. The van der Waals surface area contributed by atoms with E-state index >= 15 is 0 Å². The smallest absolute Gasteiger partial charge is 0.227 e. The van der Waals surface area contributed by atoms with Crippen molar-refractivity contribution in [2.45, 2.75) is 47.1 Å². The van der Waals surface area contributed by atoms with Crippen LogP contribution < -0.4 is 10.2 Å². The minimum absolute atomic E-state index is 0.00207. The maximum Gasteiger partial charge on any atom is 0.227 e. The second-order valence-corrected chi connectivity index (χ2v) is 6.39. The number of hydrogen-bond acceptors (Lipinski definition) is 3. The molecule has 0 aliphatic rings. The van der Waals surface area contributed by atoms with Crippen LogP contribution >= 0.6 is 0 Å². The molecule has 0 spiro atoms. The third-order valence-electron chi connectivity index (χ3n) is 2.63. The first-order chi connectivity index (χ1) is 8.69. The molecular weight excluding hydrogens is 238 g/mol. The van der Waals surface area contributed by atoms with Crippen molar-refractivity contribution in [3.8, 4) is 0 Å². The highest BCUT2D eigenvalue weighted by molar-refractivity contribution is 5.93. The molecular formula is C15H25N3O. The Kier molecular flexibility index (Phi) is 4.92. The summed E-state index contributed by atoms with van der Waals surface area (Å²) >= 11 is 0. The Morgan fingerprint density at radius 3 is 2.42 bits per heavy atom. The van der Waals surface area contributed by atoms with E-state index in [1.54, 1.807) is 18.1 Å². The van der Waals surface area contributed by atoms with E-state index in [0.717, 1.165) is 11.5 Å². The van der Waals surface area contributed by atoms with E-state index in [1.165, 1.54) is 0 Å². The van der Waals surface area contributed by atoms with Crippen LogP contribution in [0.3, 0.4) is 0 Å². The van der Waals surface area contributed by atoms with Gasteiger partial charge in [0.25, 0.3) is 0 Å². The van der Waals surface area contributed by atoms with E-state index in [9.17, 15) is 4.79 Å². The summed E-state index contributed by atoms with van der Waals surface area (Å²) in [5.41, 5.74) is 0.821. The molecule has 1 heterocycles. The monoisotopic (exact) mass is 263 g/mol. The van der Waals surface area contributed by atoms with Crippen molar-refractivity contribution < 1.29 is 4.79 Å². The molecule has 1 aromatic heterocycles. The van der Waals surface area contributed by atoms with Crippen LogP contribution in [0.1, 0.15) is 41.0 Å². The summed E-state index contributed by atoms with van der Waals surface area (Å²) < 4.78 is 0. The van der Waals surface area contributed by atoms with Crippen molar-refractivity contribution in [3.63, 3.8) is 0 Å². The minimum Gasteiger partial charge on any atom is -0.368 e. The van der Waals surface area contributed by atoms with Crippen LogP contribution in [0, 0.1) is 5.41 Å². The normalized spacial score (nSPS) is 11.5. The number of amides is 1. The first-order valence-corrected chi connectivity index (χ1v) is 6.68. The van der Waals surface area contributed by atoms with Gasteiger partial charge in [0.05, 0.1) is 11.9 Å². The summed E-state index contributed by atoms with van der Waals surface area (Å²) in [6.07, 6.45) is 2.25. The topological polar surface area (TPSA) is 45.2 Å². The van der Waals surface area contributed by atoms with Crippen LogP contribution in [0.15, 0.2) is 18.3 Å². The number of nitrogens with one attached hydrogen (secondary N) is 1. The predicted molar refractivity (Wildman–Crippen MR) is 80.5 cm³/mol. The lowest BCUT2D eigenvalue weighted by molar-refractivity contribution is -0.120. The van der Waals surface area contributed by atoms with Gasteiger partial charge in [0, 0.05) is 19.5 Å². The Bertz CT molecular complexity index is 418. The van der Waals surface area contributed by atoms with Crippen molar-refractivity contribution in [1.29, 1.82) is 0 Å². The highest BCUT2D eigenvalue weighted by Gasteiger charge is 2.19. The second-order valence-electron chi connectivity index (χ2n) is 6.39. The van der Waals surface area contributed by atoms with E-state index in [4.69, 9.17) is 0 Å². The van der Waals surface area contributed by atoms with Crippen LogP contribution in [0.2, 0.25) is 0 Å². The largest absolute Gasteiger partial charge is 0.368 e. The van der Waals surface area contributed by atoms with Gasteiger partial charge >= 0.3 is 0 Å². The Balaban J connectivity index is 2.72. The van der Waals surface area contributed by atoms with Gasteiger partial charge in [-0.25, -0.2) is 4.98 Å². The minimum atomic E-state index is -0.00207. The first-order valence-electron chi connectivity index (χ1n) is 6.68. The molecule has 1 N–H and O–H groups in total. The Hall–Kier alpha value is -1.58. The molecule has 0 bridgehead atoms. The lowest BCUT2D eigenvalue weighted by atomic mass is 9.91. The third-order valence-corrected chi connectivity index (χ3v) is 2.63. The summed E-state index contributed by atoms with van der Waals surface area (Å²) in [6.45, 7) is 10.3. The van der Waals surface area contributed by atoms with Crippen LogP contribution in [0.25, 0.3) is 0 Å². The zero-order valence-corrected chi connectivity index (χ0v) is 12.8. The van der Waals surface area contributed by atoms with Crippen molar-refractivity contribution in [3.05, 3.63) is 18.3 Å². The average molecular weight is 263 g/mol. The second kappa shape index (κ2) is 6.04. The summed E-state index contributed by atoms with van der Waals surface area (Å²) in [5, 5.41) is 3.22. The summed E-state index contributed by atoms with van der Waals surface area (Å²) in [5.74, 6) is 0.939. The summed E-state index contributed by atoms with van der Waals surface area (Å²) in [6, 6.07) is 4.16. The highest BCUT2D eigenvalue weighted by Crippen LogP contribution is 2.22. The molecule has 4 heteroatoms. The number of hydrogen-bond donors (Lipinski definition) is 1. The fourth-order valence-electron chi connectivity index (χ4n) is 1.68. The van der Waals surface area contributed by atoms with E-state index in [-0.39, 0.29) is 11.3 Å². The van der Waals surface area contributed by atoms with E-state index in [1.807, 2.05) is 12.1 Å². The molecule has 0 aromatic carbocycles. The molecule has 0 fully saturated rings. The molecule has 19 heavy (non-hydrogen) atoms. The van der Waals surface area contributed by atoms with Crippen molar-refractivity contribution in [2.75, 3.05) is 17.3 Å². The fourth-order valence-corrected chi connectivity index (χ4v) is 1.68. The molecule has 0 saturated heterocycles. The third kappa shape index (κ3) is 5.28. The van der Waals surface area contributed by atoms with E-state index in [2.05, 4.69) is 44.9 Å². The molecule has 0 aliphatic carbocycles. The molecule has 1 amide bonds. The molecule has 0 radical (unpaired) electrons. The lowest BCUT2D eigenvalue weighted by Gasteiger charge is -2.23. The number of nitrogens with zero attached hydrogens (tertiary/aromatic N) is 2. The van der Waals surface area contributed by atoms with Crippen molar-refractivity contribution in [1.82, 2.24) is 4.98 Å². The highest BCUT2D eigenvalue weighted by atomic mass is 16.2. The molecule has 4 nitrogen and oxygen atoms in total. The van der Waals surface area contributed by atoms with Gasteiger partial charge in [0.15, 0.2) is 0 Å². The van der Waals surface area contributed by atoms with Gasteiger partial charge < -0.3 is 10.2 Å². The Morgan fingerprint density at radius 1 is 1.37 bits per heavy atom. The number of pyridine rings is 1. The maximum absolute atomic E-state index is 12.1. The van der Waals surface area contributed by atoms with Gasteiger partial charge in [-0.2, -0.15) is 0 Å². The Labute approximate surface area is 116 Å². The zero-order chi connectivity index (χ0) is 14.6. The van der Waals surface area contributed by atoms with Gasteiger partial charge in [-0.15, -0.1) is 0 Å². The predicted octanol–water partition coefficient (Wildman–Crippen LogP) is 3.30. The van der Waals surface area contributed by atoms with Gasteiger partial charge in [-0.1, -0.05) is 20.8 Å². The quantitative estimate of drug-likeness (QED) is 0.906. The Morgan fingerprint density at radius 2 is 2.00 bits per heavy atom.